The van der Waals surface area contributed by atoms with Crippen LogP contribution in [0.2, 0.25) is 0 Å². The summed E-state index contributed by atoms with van der Waals surface area (Å²) in [5, 5.41) is 6.50. The van der Waals surface area contributed by atoms with Crippen LogP contribution in [0.5, 0.6) is 5.75 Å². The number of nitrogens with one attached hydrogen (secondary N) is 2. The molecule has 154 valence electrons. The van der Waals surface area contributed by atoms with Crippen LogP contribution < -0.4 is 20.3 Å². The van der Waals surface area contributed by atoms with Crippen molar-refractivity contribution in [3.05, 3.63) is 89.6 Å². The van der Waals surface area contributed by atoms with E-state index in [0.29, 0.717) is 12.1 Å². The van der Waals surface area contributed by atoms with Gasteiger partial charge in [0.25, 0.3) is 5.91 Å². The SMILES string of the molecule is COc1cccc(CNC(=O)c2ccc(N3CCNC(c4ccccc4)C3)nc2)c1. The molecule has 1 saturated heterocycles. The summed E-state index contributed by atoms with van der Waals surface area (Å²) < 4.78 is 5.22. The number of piperazine rings is 1. The van der Waals surface area contributed by atoms with Gasteiger partial charge >= 0.3 is 0 Å². The zero-order valence-corrected chi connectivity index (χ0v) is 17.0. The van der Waals surface area contributed by atoms with Gasteiger partial charge in [-0.05, 0) is 35.4 Å². The highest BCUT2D eigenvalue weighted by molar-refractivity contribution is 5.94. The van der Waals surface area contributed by atoms with Crippen molar-refractivity contribution in [1.29, 1.82) is 0 Å². The highest BCUT2D eigenvalue weighted by atomic mass is 16.5. The van der Waals surface area contributed by atoms with Gasteiger partial charge in [0.15, 0.2) is 0 Å². The molecule has 2 heterocycles. The smallest absolute Gasteiger partial charge is 0.253 e. The van der Waals surface area contributed by atoms with E-state index in [9.17, 15) is 4.79 Å². The van der Waals surface area contributed by atoms with Gasteiger partial charge in [0, 0.05) is 38.4 Å². The number of anilines is 1. The van der Waals surface area contributed by atoms with Gasteiger partial charge in [0.05, 0.1) is 12.7 Å². The molecule has 1 aliphatic rings. The van der Waals surface area contributed by atoms with E-state index in [2.05, 4.69) is 44.8 Å². The standard InChI is InChI=1S/C24H26N4O2/c1-30-21-9-5-6-18(14-21)15-27-24(29)20-10-11-23(26-16-20)28-13-12-25-22(17-28)19-7-3-2-4-8-19/h2-11,14,16,22,25H,12-13,15,17H2,1H3,(H,27,29). The van der Waals surface area contributed by atoms with Crippen LogP contribution in [-0.2, 0) is 6.54 Å². The summed E-state index contributed by atoms with van der Waals surface area (Å²) in [5.74, 6) is 1.53. The first kappa shape index (κ1) is 19.9. The molecule has 2 aromatic carbocycles. The minimum absolute atomic E-state index is 0.139. The Morgan fingerprint density at radius 3 is 2.80 bits per heavy atom. The molecule has 1 unspecified atom stereocenters. The highest BCUT2D eigenvalue weighted by Gasteiger charge is 2.21. The van der Waals surface area contributed by atoms with Crippen molar-refractivity contribution in [1.82, 2.24) is 15.6 Å². The number of methoxy groups -OCH3 is 1. The van der Waals surface area contributed by atoms with Crippen LogP contribution in [0.4, 0.5) is 5.82 Å². The topological polar surface area (TPSA) is 66.5 Å². The summed E-state index contributed by atoms with van der Waals surface area (Å²) in [6, 6.07) is 22.1. The van der Waals surface area contributed by atoms with E-state index in [-0.39, 0.29) is 11.9 Å². The van der Waals surface area contributed by atoms with Crippen molar-refractivity contribution in [2.45, 2.75) is 12.6 Å². The predicted octanol–water partition coefficient (Wildman–Crippen LogP) is 3.17. The third-order valence-electron chi connectivity index (χ3n) is 5.30. The molecule has 0 aliphatic carbocycles. The van der Waals surface area contributed by atoms with E-state index in [1.165, 1.54) is 5.56 Å². The predicted molar refractivity (Wildman–Crippen MR) is 118 cm³/mol. The number of amides is 1. The first-order valence-electron chi connectivity index (χ1n) is 10.1. The average molecular weight is 402 g/mol. The Hall–Kier alpha value is -3.38. The van der Waals surface area contributed by atoms with Gasteiger partial charge in [-0.15, -0.1) is 0 Å². The van der Waals surface area contributed by atoms with Gasteiger partial charge in [-0.1, -0.05) is 42.5 Å². The lowest BCUT2D eigenvalue weighted by atomic mass is 10.0. The van der Waals surface area contributed by atoms with Gasteiger partial charge in [-0.25, -0.2) is 4.98 Å². The Bertz CT molecular complexity index is 976. The maximum atomic E-state index is 12.5. The normalized spacial score (nSPS) is 16.2. The summed E-state index contributed by atoms with van der Waals surface area (Å²) in [6.07, 6.45) is 1.65. The molecule has 6 nitrogen and oxygen atoms in total. The summed E-state index contributed by atoms with van der Waals surface area (Å²) in [5.41, 5.74) is 2.81. The zero-order valence-electron chi connectivity index (χ0n) is 17.0. The number of nitrogens with zero attached hydrogens (tertiary/aromatic N) is 2. The Morgan fingerprint density at radius 1 is 1.17 bits per heavy atom. The molecule has 0 saturated carbocycles. The Labute approximate surface area is 176 Å². The maximum absolute atomic E-state index is 12.5. The van der Waals surface area contributed by atoms with E-state index in [1.807, 2.05) is 42.5 Å². The molecule has 1 aromatic heterocycles. The van der Waals surface area contributed by atoms with Crippen LogP contribution in [-0.4, -0.2) is 37.6 Å². The quantitative estimate of drug-likeness (QED) is 0.663. The van der Waals surface area contributed by atoms with Crippen molar-refractivity contribution in [2.75, 3.05) is 31.6 Å². The Morgan fingerprint density at radius 2 is 2.03 bits per heavy atom. The molecular weight excluding hydrogens is 376 g/mol. The fourth-order valence-electron chi connectivity index (χ4n) is 3.64. The molecule has 0 radical (unpaired) electrons. The van der Waals surface area contributed by atoms with Crippen molar-refractivity contribution >= 4 is 11.7 Å². The van der Waals surface area contributed by atoms with Crippen LogP contribution in [0, 0.1) is 0 Å². The lowest BCUT2D eigenvalue weighted by Gasteiger charge is -2.34. The number of carbonyl (C=O) groups excluding carboxylic acids is 1. The maximum Gasteiger partial charge on any atom is 0.253 e. The second-order valence-electron chi connectivity index (χ2n) is 7.30. The minimum Gasteiger partial charge on any atom is -0.497 e. The van der Waals surface area contributed by atoms with E-state index in [4.69, 9.17) is 4.74 Å². The molecule has 1 atom stereocenters. The van der Waals surface area contributed by atoms with E-state index in [1.54, 1.807) is 13.3 Å². The van der Waals surface area contributed by atoms with Crippen molar-refractivity contribution in [2.24, 2.45) is 0 Å². The zero-order chi connectivity index (χ0) is 20.8. The summed E-state index contributed by atoms with van der Waals surface area (Å²) >= 11 is 0. The van der Waals surface area contributed by atoms with Crippen molar-refractivity contribution < 1.29 is 9.53 Å². The first-order valence-corrected chi connectivity index (χ1v) is 10.1. The number of hydrogen-bond acceptors (Lipinski definition) is 5. The van der Waals surface area contributed by atoms with E-state index < -0.39 is 0 Å². The Balaban J connectivity index is 1.36. The molecule has 6 heteroatoms. The van der Waals surface area contributed by atoms with E-state index in [0.717, 1.165) is 36.8 Å². The minimum atomic E-state index is -0.139. The average Bonchev–Trinajstić information content (AvgIpc) is 2.83. The van der Waals surface area contributed by atoms with Crippen molar-refractivity contribution in [3.63, 3.8) is 0 Å². The second-order valence-corrected chi connectivity index (χ2v) is 7.30. The number of hydrogen-bond donors (Lipinski definition) is 2. The molecule has 0 bridgehead atoms. The van der Waals surface area contributed by atoms with Crippen LogP contribution in [0.15, 0.2) is 72.9 Å². The molecule has 1 fully saturated rings. The summed E-state index contributed by atoms with van der Waals surface area (Å²) in [4.78, 5) is 19.3. The molecule has 1 amide bonds. The molecule has 30 heavy (non-hydrogen) atoms. The van der Waals surface area contributed by atoms with Crippen LogP contribution >= 0.6 is 0 Å². The largest absolute Gasteiger partial charge is 0.497 e. The van der Waals surface area contributed by atoms with Crippen molar-refractivity contribution in [3.8, 4) is 5.75 Å². The summed E-state index contributed by atoms with van der Waals surface area (Å²) in [6.45, 7) is 3.06. The van der Waals surface area contributed by atoms with Crippen LogP contribution in [0.25, 0.3) is 0 Å². The van der Waals surface area contributed by atoms with E-state index >= 15 is 0 Å². The van der Waals surface area contributed by atoms with Gasteiger partial charge in [0.2, 0.25) is 0 Å². The Kier molecular flexibility index (Phi) is 6.25. The fourth-order valence-corrected chi connectivity index (χ4v) is 3.64. The number of aromatic nitrogens is 1. The molecule has 0 spiro atoms. The number of rotatable bonds is 6. The second kappa shape index (κ2) is 9.41. The lowest BCUT2D eigenvalue weighted by molar-refractivity contribution is 0.0950. The molecule has 3 aromatic rings. The number of pyridine rings is 1. The number of carbonyl (C=O) groups is 1. The summed E-state index contributed by atoms with van der Waals surface area (Å²) in [7, 11) is 1.63. The van der Waals surface area contributed by atoms with Gasteiger partial charge in [-0.3, -0.25) is 4.79 Å². The van der Waals surface area contributed by atoms with Crippen LogP contribution in [0.3, 0.4) is 0 Å². The lowest BCUT2D eigenvalue weighted by Crippen LogP contribution is -2.46. The number of ether oxygens (including phenoxy) is 1. The van der Waals surface area contributed by atoms with Crippen LogP contribution in [0.1, 0.15) is 27.5 Å². The van der Waals surface area contributed by atoms with Gasteiger partial charge in [-0.2, -0.15) is 0 Å². The fraction of sp³-hybridized carbons (Fsp3) is 0.250. The monoisotopic (exact) mass is 402 g/mol. The van der Waals surface area contributed by atoms with Gasteiger partial charge in [0.1, 0.15) is 11.6 Å². The third kappa shape index (κ3) is 4.78. The third-order valence-corrected chi connectivity index (χ3v) is 5.30. The molecule has 4 rings (SSSR count). The molecular formula is C24H26N4O2. The highest BCUT2D eigenvalue weighted by Crippen LogP contribution is 2.21. The molecule has 1 aliphatic heterocycles. The van der Waals surface area contributed by atoms with Gasteiger partial charge < -0.3 is 20.3 Å². The molecule has 2 N–H and O–H groups in total. The number of benzene rings is 2. The first-order chi connectivity index (χ1) is 14.7.